The van der Waals surface area contributed by atoms with Crippen LogP contribution in [0.3, 0.4) is 0 Å². The van der Waals surface area contributed by atoms with Crippen molar-refractivity contribution >= 4 is 17.4 Å². The smallest absolute Gasteiger partial charge is 0.267 e. The highest BCUT2D eigenvalue weighted by molar-refractivity contribution is 5.91. The number of carbonyl (C=O) groups is 1. The Bertz CT molecular complexity index is 669. The maximum Gasteiger partial charge on any atom is 0.267 e. The molecule has 0 saturated carbocycles. The number of aryl methyl sites for hydroxylation is 1. The van der Waals surface area contributed by atoms with Crippen LogP contribution in [0.15, 0.2) is 36.4 Å². The highest BCUT2D eigenvalue weighted by Gasteiger charge is 2.22. The summed E-state index contributed by atoms with van der Waals surface area (Å²) < 4.78 is 0. The van der Waals surface area contributed by atoms with E-state index in [1.165, 1.54) is 11.1 Å². The number of nitrogens with one attached hydrogen (secondary N) is 1. The van der Waals surface area contributed by atoms with E-state index in [4.69, 9.17) is 11.5 Å². The van der Waals surface area contributed by atoms with Crippen LogP contribution in [0.4, 0.5) is 11.5 Å². The summed E-state index contributed by atoms with van der Waals surface area (Å²) in [4.78, 5) is 15.4. The molecule has 1 unspecified atom stereocenters. The number of nitrogens with zero attached hydrogens (tertiary/aromatic N) is 1. The Morgan fingerprint density at radius 3 is 2.95 bits per heavy atom. The number of amides is 1. The Morgan fingerprint density at radius 2 is 2.15 bits per heavy atom. The molecule has 1 aliphatic rings. The van der Waals surface area contributed by atoms with Crippen molar-refractivity contribution in [1.82, 2.24) is 4.98 Å². The van der Waals surface area contributed by atoms with Crippen LogP contribution in [0.2, 0.25) is 0 Å². The molecule has 0 aliphatic heterocycles. The number of nitrogens with two attached hydrogens (primary N) is 2. The molecule has 1 heterocycles. The van der Waals surface area contributed by atoms with Gasteiger partial charge >= 0.3 is 0 Å². The average molecular weight is 268 g/mol. The van der Waals surface area contributed by atoms with Crippen molar-refractivity contribution in [3.8, 4) is 0 Å². The Labute approximate surface area is 117 Å². The molecule has 102 valence electrons. The third-order valence-corrected chi connectivity index (χ3v) is 3.57. The minimum atomic E-state index is -0.520. The van der Waals surface area contributed by atoms with E-state index in [0.717, 1.165) is 18.5 Å². The van der Waals surface area contributed by atoms with Crippen molar-refractivity contribution in [3.63, 3.8) is 0 Å². The molecule has 0 spiro atoms. The largest absolute Gasteiger partial charge is 0.399 e. The highest BCUT2D eigenvalue weighted by atomic mass is 16.1. The zero-order chi connectivity index (χ0) is 14.1. The fourth-order valence-electron chi connectivity index (χ4n) is 2.62. The van der Waals surface area contributed by atoms with E-state index in [0.29, 0.717) is 5.82 Å². The van der Waals surface area contributed by atoms with Crippen LogP contribution in [0.25, 0.3) is 0 Å². The maximum atomic E-state index is 11.1. The summed E-state index contributed by atoms with van der Waals surface area (Å²) in [7, 11) is 0. The quantitative estimate of drug-likeness (QED) is 0.741. The van der Waals surface area contributed by atoms with E-state index >= 15 is 0 Å². The van der Waals surface area contributed by atoms with Gasteiger partial charge < -0.3 is 16.8 Å². The first-order chi connectivity index (χ1) is 9.63. The number of rotatable bonds is 3. The van der Waals surface area contributed by atoms with Gasteiger partial charge in [-0.25, -0.2) is 4.98 Å². The second-order valence-corrected chi connectivity index (χ2v) is 4.97. The van der Waals surface area contributed by atoms with Gasteiger partial charge in [-0.3, -0.25) is 4.79 Å². The molecule has 1 aliphatic carbocycles. The lowest BCUT2D eigenvalue weighted by molar-refractivity contribution is 0.0995. The van der Waals surface area contributed by atoms with Crippen LogP contribution in [-0.2, 0) is 6.42 Å². The Balaban J connectivity index is 1.84. The molecule has 5 nitrogen and oxygen atoms in total. The molecule has 1 aromatic carbocycles. The average Bonchev–Trinajstić information content (AvgIpc) is 2.81. The van der Waals surface area contributed by atoms with Gasteiger partial charge in [-0.2, -0.15) is 0 Å². The van der Waals surface area contributed by atoms with Gasteiger partial charge in [0.2, 0.25) is 0 Å². The lowest BCUT2D eigenvalue weighted by Crippen LogP contribution is -2.15. The van der Waals surface area contributed by atoms with Crippen molar-refractivity contribution in [1.29, 1.82) is 0 Å². The summed E-state index contributed by atoms with van der Waals surface area (Å²) >= 11 is 0. The molecular weight excluding hydrogens is 252 g/mol. The molecule has 2 aromatic rings. The van der Waals surface area contributed by atoms with Gasteiger partial charge in [-0.15, -0.1) is 0 Å². The van der Waals surface area contributed by atoms with Crippen LogP contribution < -0.4 is 16.8 Å². The molecular formula is C15H16N4O. The van der Waals surface area contributed by atoms with Gasteiger partial charge in [0.25, 0.3) is 5.91 Å². The van der Waals surface area contributed by atoms with E-state index in [1.807, 2.05) is 24.3 Å². The zero-order valence-corrected chi connectivity index (χ0v) is 11.0. The van der Waals surface area contributed by atoms with Gasteiger partial charge in [0.15, 0.2) is 0 Å². The number of pyridine rings is 1. The number of fused-ring (bicyclic) bond motifs is 1. The number of carbonyl (C=O) groups excluding carboxylic acids is 1. The second kappa shape index (κ2) is 4.85. The monoisotopic (exact) mass is 268 g/mol. The normalized spacial score (nSPS) is 16.7. The second-order valence-electron chi connectivity index (χ2n) is 4.97. The van der Waals surface area contributed by atoms with Crippen LogP contribution in [0.5, 0.6) is 0 Å². The zero-order valence-electron chi connectivity index (χ0n) is 11.0. The fourth-order valence-corrected chi connectivity index (χ4v) is 2.62. The predicted octanol–water partition coefficient (Wildman–Crippen LogP) is 1.86. The standard InChI is InChI=1S/C15H16N4O/c16-10-5-6-11-9(8-10)4-7-12(11)18-14-3-1-2-13(19-14)15(17)20/h1-3,5-6,8,12H,4,7,16H2,(H2,17,20)(H,18,19). The highest BCUT2D eigenvalue weighted by Crippen LogP contribution is 2.34. The number of benzene rings is 1. The number of anilines is 2. The third-order valence-electron chi connectivity index (χ3n) is 3.57. The third kappa shape index (κ3) is 2.30. The number of aromatic nitrogens is 1. The van der Waals surface area contributed by atoms with Crippen molar-refractivity contribution < 1.29 is 4.79 Å². The fraction of sp³-hybridized carbons (Fsp3) is 0.200. The van der Waals surface area contributed by atoms with E-state index in [9.17, 15) is 4.79 Å². The number of hydrogen-bond acceptors (Lipinski definition) is 4. The Kier molecular flexibility index (Phi) is 3.02. The minimum Gasteiger partial charge on any atom is -0.399 e. The first kappa shape index (κ1) is 12.5. The van der Waals surface area contributed by atoms with Crippen LogP contribution in [0, 0.1) is 0 Å². The predicted molar refractivity (Wildman–Crippen MR) is 78.3 cm³/mol. The maximum absolute atomic E-state index is 11.1. The summed E-state index contributed by atoms with van der Waals surface area (Å²) in [6, 6.07) is 11.4. The van der Waals surface area contributed by atoms with Gasteiger partial charge in [0.05, 0.1) is 6.04 Å². The van der Waals surface area contributed by atoms with Crippen molar-refractivity contribution in [2.45, 2.75) is 18.9 Å². The number of nitrogen functional groups attached to an aromatic ring is 1. The van der Waals surface area contributed by atoms with Gasteiger partial charge in [-0.1, -0.05) is 12.1 Å². The SMILES string of the molecule is NC(=O)c1cccc(NC2CCc3cc(N)ccc32)n1. The van der Waals surface area contributed by atoms with Gasteiger partial charge in [-0.05, 0) is 48.2 Å². The number of primary amides is 1. The van der Waals surface area contributed by atoms with E-state index in [-0.39, 0.29) is 11.7 Å². The summed E-state index contributed by atoms with van der Waals surface area (Å²) in [6.07, 6.45) is 1.98. The first-order valence-corrected chi connectivity index (χ1v) is 6.55. The lowest BCUT2D eigenvalue weighted by Gasteiger charge is -2.15. The lowest BCUT2D eigenvalue weighted by atomic mass is 10.1. The first-order valence-electron chi connectivity index (χ1n) is 6.55. The van der Waals surface area contributed by atoms with Gasteiger partial charge in [0.1, 0.15) is 11.5 Å². The molecule has 0 saturated heterocycles. The van der Waals surface area contributed by atoms with Gasteiger partial charge in [0, 0.05) is 5.69 Å². The molecule has 1 aromatic heterocycles. The molecule has 1 amide bonds. The molecule has 20 heavy (non-hydrogen) atoms. The topological polar surface area (TPSA) is 94.0 Å². The summed E-state index contributed by atoms with van der Waals surface area (Å²) in [5, 5.41) is 3.35. The molecule has 5 heteroatoms. The minimum absolute atomic E-state index is 0.196. The summed E-state index contributed by atoms with van der Waals surface area (Å²) in [5.74, 6) is 0.143. The Hall–Kier alpha value is -2.56. The Morgan fingerprint density at radius 1 is 1.30 bits per heavy atom. The molecule has 5 N–H and O–H groups in total. The van der Waals surface area contributed by atoms with Crippen LogP contribution in [0.1, 0.15) is 34.1 Å². The summed E-state index contributed by atoms with van der Waals surface area (Å²) in [5.41, 5.74) is 14.6. The molecule has 3 rings (SSSR count). The van der Waals surface area contributed by atoms with E-state index < -0.39 is 5.91 Å². The molecule has 0 fully saturated rings. The van der Waals surface area contributed by atoms with Crippen molar-refractivity contribution in [3.05, 3.63) is 53.2 Å². The molecule has 1 atom stereocenters. The van der Waals surface area contributed by atoms with Crippen LogP contribution >= 0.6 is 0 Å². The van der Waals surface area contributed by atoms with Crippen molar-refractivity contribution in [2.75, 3.05) is 11.1 Å². The van der Waals surface area contributed by atoms with Crippen LogP contribution in [-0.4, -0.2) is 10.9 Å². The number of hydrogen-bond donors (Lipinski definition) is 3. The molecule has 0 radical (unpaired) electrons. The van der Waals surface area contributed by atoms with E-state index in [1.54, 1.807) is 12.1 Å². The van der Waals surface area contributed by atoms with E-state index in [2.05, 4.69) is 10.3 Å². The summed E-state index contributed by atoms with van der Waals surface area (Å²) in [6.45, 7) is 0. The van der Waals surface area contributed by atoms with Crippen molar-refractivity contribution in [2.24, 2.45) is 5.73 Å². The molecule has 0 bridgehead atoms.